The highest BCUT2D eigenvalue weighted by atomic mass is 16.3. The van der Waals surface area contributed by atoms with Gasteiger partial charge in [-0.2, -0.15) is 0 Å². The number of benzene rings is 2. The Bertz CT molecular complexity index is 1260. The van der Waals surface area contributed by atoms with E-state index in [1.165, 1.54) is 42.0 Å². The van der Waals surface area contributed by atoms with Gasteiger partial charge in [0.2, 0.25) is 5.43 Å². The molecule has 0 radical (unpaired) electrons. The molecule has 0 bridgehead atoms. The van der Waals surface area contributed by atoms with Gasteiger partial charge >= 0.3 is 0 Å². The SMILES string of the molecule is CC(C)=CCC/C(C)=C/C(=O)c1c(-c2ccc(O)cc2)oc2cc(O)cc(O)c2c1=O. The van der Waals surface area contributed by atoms with Crippen molar-refractivity contribution in [1.82, 2.24) is 0 Å². The monoisotopic (exact) mass is 420 g/mol. The van der Waals surface area contributed by atoms with E-state index in [9.17, 15) is 24.9 Å². The summed E-state index contributed by atoms with van der Waals surface area (Å²) in [5.74, 6) is -1.27. The molecule has 0 amide bonds. The first kappa shape index (κ1) is 21.9. The van der Waals surface area contributed by atoms with E-state index >= 15 is 0 Å². The first-order valence-electron chi connectivity index (χ1n) is 9.84. The van der Waals surface area contributed by atoms with Crippen LogP contribution in [0.15, 0.2) is 68.9 Å². The second kappa shape index (κ2) is 8.92. The number of carbonyl (C=O) groups is 1. The maximum atomic E-state index is 13.2. The van der Waals surface area contributed by atoms with E-state index < -0.39 is 17.0 Å². The summed E-state index contributed by atoms with van der Waals surface area (Å²) >= 11 is 0. The minimum atomic E-state index is -0.694. The van der Waals surface area contributed by atoms with Crippen LogP contribution >= 0.6 is 0 Å². The third-order valence-electron chi connectivity index (χ3n) is 4.80. The van der Waals surface area contributed by atoms with Gasteiger partial charge in [-0.3, -0.25) is 9.59 Å². The van der Waals surface area contributed by atoms with Crippen molar-refractivity contribution in [2.45, 2.75) is 33.6 Å². The molecular formula is C25H24O6. The van der Waals surface area contributed by atoms with Crippen LogP contribution in [0.3, 0.4) is 0 Å². The predicted molar refractivity (Wildman–Crippen MR) is 120 cm³/mol. The van der Waals surface area contributed by atoms with Crippen LogP contribution in [0.25, 0.3) is 22.3 Å². The number of aromatic hydroxyl groups is 3. The van der Waals surface area contributed by atoms with Crippen LogP contribution in [0.2, 0.25) is 0 Å². The third-order valence-corrected chi connectivity index (χ3v) is 4.80. The molecule has 6 nitrogen and oxygen atoms in total. The second-order valence-corrected chi connectivity index (χ2v) is 7.70. The van der Waals surface area contributed by atoms with Crippen molar-refractivity contribution in [2.24, 2.45) is 0 Å². The maximum absolute atomic E-state index is 13.2. The molecule has 3 N–H and O–H groups in total. The van der Waals surface area contributed by atoms with Crippen molar-refractivity contribution in [1.29, 1.82) is 0 Å². The van der Waals surface area contributed by atoms with E-state index in [1.54, 1.807) is 0 Å². The first-order chi connectivity index (χ1) is 14.7. The molecule has 2 aromatic carbocycles. The number of rotatable bonds is 6. The lowest BCUT2D eigenvalue weighted by molar-refractivity contribution is 0.104. The molecule has 3 aromatic rings. The second-order valence-electron chi connectivity index (χ2n) is 7.70. The Balaban J connectivity index is 2.20. The molecule has 0 aliphatic heterocycles. The molecular weight excluding hydrogens is 396 g/mol. The Labute approximate surface area is 179 Å². The lowest BCUT2D eigenvalue weighted by Crippen LogP contribution is -2.16. The largest absolute Gasteiger partial charge is 0.508 e. The Hall–Kier alpha value is -3.80. The fraction of sp³-hybridized carbons (Fsp3) is 0.200. The zero-order chi connectivity index (χ0) is 22.7. The molecule has 0 saturated carbocycles. The Morgan fingerprint density at radius 1 is 1.00 bits per heavy atom. The summed E-state index contributed by atoms with van der Waals surface area (Å²) in [6.07, 6.45) is 4.90. The van der Waals surface area contributed by atoms with Gasteiger partial charge in [0.15, 0.2) is 5.78 Å². The highest BCUT2D eigenvalue weighted by Crippen LogP contribution is 2.33. The third kappa shape index (κ3) is 4.86. The van der Waals surface area contributed by atoms with Gasteiger partial charge in [-0.05, 0) is 64.0 Å². The summed E-state index contributed by atoms with van der Waals surface area (Å²) in [5.41, 5.74) is 1.42. The van der Waals surface area contributed by atoms with E-state index in [4.69, 9.17) is 4.42 Å². The quantitative estimate of drug-likeness (QED) is 0.278. The van der Waals surface area contributed by atoms with Crippen molar-refractivity contribution < 1.29 is 24.5 Å². The summed E-state index contributed by atoms with van der Waals surface area (Å²) in [6.45, 7) is 5.81. The van der Waals surface area contributed by atoms with Crippen molar-refractivity contribution in [3.63, 3.8) is 0 Å². The highest BCUT2D eigenvalue weighted by molar-refractivity contribution is 6.10. The molecule has 160 valence electrons. The highest BCUT2D eigenvalue weighted by Gasteiger charge is 2.23. The van der Waals surface area contributed by atoms with Gasteiger partial charge in [-0.15, -0.1) is 0 Å². The number of phenolic OH excluding ortho intramolecular Hbond substituents is 3. The van der Waals surface area contributed by atoms with Crippen LogP contribution < -0.4 is 5.43 Å². The molecule has 0 atom stereocenters. The normalized spacial score (nSPS) is 11.5. The van der Waals surface area contributed by atoms with Crippen LogP contribution in [0.5, 0.6) is 17.2 Å². The molecule has 3 rings (SSSR count). The van der Waals surface area contributed by atoms with E-state index in [0.717, 1.165) is 18.1 Å². The molecule has 0 aliphatic carbocycles. The zero-order valence-corrected chi connectivity index (χ0v) is 17.6. The average Bonchev–Trinajstić information content (AvgIpc) is 2.67. The van der Waals surface area contributed by atoms with Gasteiger partial charge in [-0.25, -0.2) is 0 Å². The number of phenols is 3. The molecule has 0 unspecified atom stereocenters. The summed E-state index contributed by atoms with van der Waals surface area (Å²) in [4.78, 5) is 26.4. The Morgan fingerprint density at radius 3 is 2.32 bits per heavy atom. The van der Waals surface area contributed by atoms with Gasteiger partial charge in [-0.1, -0.05) is 17.2 Å². The van der Waals surface area contributed by atoms with Crippen molar-refractivity contribution in [3.8, 4) is 28.6 Å². The molecule has 0 aliphatic rings. The van der Waals surface area contributed by atoms with Crippen molar-refractivity contribution in [3.05, 3.63) is 75.5 Å². The summed E-state index contributed by atoms with van der Waals surface area (Å²) < 4.78 is 5.82. The summed E-state index contributed by atoms with van der Waals surface area (Å²) in [7, 11) is 0. The topological polar surface area (TPSA) is 108 Å². The Kier molecular flexibility index (Phi) is 6.30. The van der Waals surface area contributed by atoms with Crippen LogP contribution in [0.4, 0.5) is 0 Å². The van der Waals surface area contributed by atoms with Crippen LogP contribution in [-0.2, 0) is 0 Å². The average molecular weight is 420 g/mol. The van der Waals surface area contributed by atoms with Crippen molar-refractivity contribution in [2.75, 3.05) is 0 Å². The van der Waals surface area contributed by atoms with Crippen LogP contribution in [0, 0.1) is 0 Å². The number of hydrogen-bond acceptors (Lipinski definition) is 6. The molecule has 0 fully saturated rings. The lowest BCUT2D eigenvalue weighted by Gasteiger charge is -2.10. The van der Waals surface area contributed by atoms with Gasteiger partial charge < -0.3 is 19.7 Å². The fourth-order valence-electron chi connectivity index (χ4n) is 3.28. The van der Waals surface area contributed by atoms with Gasteiger partial charge in [0.05, 0.1) is 0 Å². The minimum absolute atomic E-state index is 0.000786. The fourth-order valence-corrected chi connectivity index (χ4v) is 3.28. The zero-order valence-electron chi connectivity index (χ0n) is 17.6. The van der Waals surface area contributed by atoms with Crippen molar-refractivity contribution >= 4 is 16.8 Å². The molecule has 0 saturated heterocycles. The van der Waals surface area contributed by atoms with Crippen LogP contribution in [-0.4, -0.2) is 21.1 Å². The van der Waals surface area contributed by atoms with Gasteiger partial charge in [0.1, 0.15) is 39.5 Å². The van der Waals surface area contributed by atoms with Gasteiger partial charge in [0, 0.05) is 17.7 Å². The lowest BCUT2D eigenvalue weighted by atomic mass is 9.99. The summed E-state index contributed by atoms with van der Waals surface area (Å²) in [5, 5.41) is 29.4. The maximum Gasteiger partial charge on any atom is 0.208 e. The molecule has 0 spiro atoms. The van der Waals surface area contributed by atoms with E-state index in [-0.39, 0.29) is 33.8 Å². The van der Waals surface area contributed by atoms with E-state index in [0.29, 0.717) is 12.0 Å². The number of allylic oxidation sites excluding steroid dienone is 4. The predicted octanol–water partition coefficient (Wildman–Crippen LogP) is 5.45. The van der Waals surface area contributed by atoms with E-state index in [1.807, 2.05) is 20.8 Å². The molecule has 1 aromatic heterocycles. The van der Waals surface area contributed by atoms with E-state index in [2.05, 4.69) is 6.08 Å². The smallest absolute Gasteiger partial charge is 0.208 e. The van der Waals surface area contributed by atoms with Gasteiger partial charge in [0.25, 0.3) is 0 Å². The molecule has 6 heteroatoms. The first-order valence-corrected chi connectivity index (χ1v) is 9.84. The number of fused-ring (bicyclic) bond motifs is 1. The minimum Gasteiger partial charge on any atom is -0.508 e. The van der Waals surface area contributed by atoms with Crippen LogP contribution in [0.1, 0.15) is 44.0 Å². The summed E-state index contributed by atoms with van der Waals surface area (Å²) in [6, 6.07) is 8.08. The Morgan fingerprint density at radius 2 is 1.68 bits per heavy atom. The number of carbonyl (C=O) groups excluding carboxylic acids is 1. The number of hydrogen-bond donors (Lipinski definition) is 3. The standard InChI is InChI=1S/C25H24O6/c1-14(2)5-4-6-15(3)11-19(28)23-24(30)22-20(29)12-18(27)13-21(22)31-25(23)16-7-9-17(26)10-8-16/h5,7-13,26-27,29H,4,6H2,1-3H3/b15-11+. The number of ketones is 1. The molecule has 1 heterocycles. The molecule has 31 heavy (non-hydrogen) atoms.